The van der Waals surface area contributed by atoms with Gasteiger partial charge in [-0.15, -0.1) is 0 Å². The van der Waals surface area contributed by atoms with Crippen molar-refractivity contribution in [1.82, 2.24) is 19.5 Å². The second-order valence-corrected chi connectivity index (χ2v) is 5.55. The number of nitrogens with two attached hydrogens (primary N) is 1. The summed E-state index contributed by atoms with van der Waals surface area (Å²) in [7, 11) is 0. The minimum absolute atomic E-state index is 0.0520. The van der Waals surface area contributed by atoms with Crippen molar-refractivity contribution in [2.75, 3.05) is 0 Å². The van der Waals surface area contributed by atoms with Crippen molar-refractivity contribution in [3.63, 3.8) is 0 Å². The van der Waals surface area contributed by atoms with Crippen LogP contribution in [0.25, 0.3) is 21.7 Å². The topological polar surface area (TPSA) is 83.2 Å². The first kappa shape index (κ1) is 13.7. The maximum Gasteiger partial charge on any atom is 0.316 e. The van der Waals surface area contributed by atoms with Gasteiger partial charge in [0.05, 0.1) is 17.6 Å². The van der Waals surface area contributed by atoms with Gasteiger partial charge in [-0.1, -0.05) is 12.1 Å². The molecule has 0 radical (unpaired) electrons. The molecule has 0 aliphatic heterocycles. The molecular weight excluding hydrogens is 292 g/mol. The van der Waals surface area contributed by atoms with Crippen molar-refractivity contribution in [3.8, 4) is 11.8 Å². The fourth-order valence-corrected chi connectivity index (χ4v) is 2.64. The fourth-order valence-electron chi connectivity index (χ4n) is 2.64. The number of benzene rings is 1. The van der Waals surface area contributed by atoms with Crippen LogP contribution in [0.1, 0.15) is 12.8 Å². The lowest BCUT2D eigenvalue weighted by atomic mass is 9.90. The van der Waals surface area contributed by atoms with Crippen molar-refractivity contribution in [1.29, 1.82) is 0 Å². The molecule has 0 atom stereocenters. The molecule has 7 nitrogen and oxygen atoms in total. The summed E-state index contributed by atoms with van der Waals surface area (Å²) in [5.41, 5.74) is 7.84. The number of para-hydroxylation sites is 2. The van der Waals surface area contributed by atoms with Crippen LogP contribution in [0, 0.1) is 6.57 Å². The van der Waals surface area contributed by atoms with E-state index < -0.39 is 0 Å². The van der Waals surface area contributed by atoms with Crippen LogP contribution >= 0.6 is 0 Å². The highest BCUT2D eigenvalue weighted by molar-refractivity contribution is 5.78. The predicted octanol–water partition coefficient (Wildman–Crippen LogP) is 2.23. The van der Waals surface area contributed by atoms with E-state index in [1.807, 2.05) is 24.3 Å². The van der Waals surface area contributed by atoms with Gasteiger partial charge >= 0.3 is 6.01 Å². The minimum Gasteiger partial charge on any atom is -0.460 e. The maximum absolute atomic E-state index is 7.33. The van der Waals surface area contributed by atoms with Gasteiger partial charge in [-0.2, -0.15) is 4.98 Å². The molecule has 1 saturated carbocycles. The van der Waals surface area contributed by atoms with Crippen LogP contribution in [0.4, 0.5) is 5.69 Å². The summed E-state index contributed by atoms with van der Waals surface area (Å²) in [6.07, 6.45) is 4.80. The lowest BCUT2D eigenvalue weighted by Gasteiger charge is -2.31. The first-order chi connectivity index (χ1) is 11.2. The van der Waals surface area contributed by atoms with E-state index in [0.29, 0.717) is 11.5 Å². The van der Waals surface area contributed by atoms with E-state index in [-0.39, 0.29) is 18.2 Å². The zero-order valence-electron chi connectivity index (χ0n) is 12.3. The summed E-state index contributed by atoms with van der Waals surface area (Å²) in [6, 6.07) is 8.15. The molecule has 23 heavy (non-hydrogen) atoms. The van der Waals surface area contributed by atoms with Crippen molar-refractivity contribution in [2.24, 2.45) is 5.73 Å². The largest absolute Gasteiger partial charge is 0.460 e. The Hall–Kier alpha value is -2.98. The molecule has 0 unspecified atom stereocenters. The van der Waals surface area contributed by atoms with Crippen LogP contribution in [0.15, 0.2) is 36.8 Å². The first-order valence-corrected chi connectivity index (χ1v) is 7.34. The Bertz CT molecular complexity index is 906. The van der Waals surface area contributed by atoms with Gasteiger partial charge in [0.15, 0.2) is 5.82 Å². The monoisotopic (exact) mass is 306 g/mol. The van der Waals surface area contributed by atoms with Crippen molar-refractivity contribution >= 4 is 16.7 Å². The van der Waals surface area contributed by atoms with Gasteiger partial charge in [0.1, 0.15) is 12.4 Å². The Kier molecular flexibility index (Phi) is 3.17. The quantitative estimate of drug-likeness (QED) is 0.750. The van der Waals surface area contributed by atoms with E-state index in [1.165, 1.54) is 6.20 Å². The number of nitrogens with zero attached hydrogens (tertiary/aromatic N) is 5. The predicted molar refractivity (Wildman–Crippen MR) is 84.5 cm³/mol. The van der Waals surface area contributed by atoms with E-state index in [1.54, 1.807) is 10.9 Å². The molecule has 0 bridgehead atoms. The minimum atomic E-state index is 0.0520. The van der Waals surface area contributed by atoms with E-state index in [2.05, 4.69) is 19.8 Å². The molecule has 2 aromatic heterocycles. The third kappa shape index (κ3) is 2.39. The van der Waals surface area contributed by atoms with Crippen LogP contribution in [0.3, 0.4) is 0 Å². The number of aromatic nitrogens is 4. The normalized spacial score (nSPS) is 20.0. The Morgan fingerprint density at radius 2 is 2.09 bits per heavy atom. The Labute approximate surface area is 132 Å². The molecule has 3 aromatic rings. The Balaban J connectivity index is 1.75. The van der Waals surface area contributed by atoms with Gasteiger partial charge in [-0.3, -0.25) is 4.57 Å². The first-order valence-electron chi connectivity index (χ1n) is 7.34. The number of hydrogen-bond acceptors (Lipinski definition) is 5. The Morgan fingerprint density at radius 1 is 1.26 bits per heavy atom. The molecular formula is C16H14N6O. The fraction of sp³-hybridized carbons (Fsp3) is 0.250. The molecule has 0 amide bonds. The van der Waals surface area contributed by atoms with Crippen molar-refractivity contribution in [2.45, 2.75) is 25.0 Å². The molecule has 1 aliphatic rings. The molecule has 1 aliphatic carbocycles. The smallest absolute Gasteiger partial charge is 0.316 e. The van der Waals surface area contributed by atoms with Gasteiger partial charge in [-0.25, -0.2) is 14.8 Å². The zero-order valence-corrected chi connectivity index (χ0v) is 12.3. The number of imidazole rings is 1. The third-order valence-electron chi connectivity index (χ3n) is 3.93. The number of ether oxygens (including phenoxy) is 1. The van der Waals surface area contributed by atoms with Gasteiger partial charge < -0.3 is 10.5 Å². The summed E-state index contributed by atoms with van der Waals surface area (Å²) < 4.78 is 7.51. The SMILES string of the molecule is [C-]#[N+]c1cnc(OC2CC(N)C2)nc1-n1cnc2ccccc21. The van der Waals surface area contributed by atoms with Crippen LogP contribution in [0.5, 0.6) is 6.01 Å². The summed E-state index contributed by atoms with van der Waals surface area (Å²) >= 11 is 0. The molecule has 7 heteroatoms. The molecule has 1 aromatic carbocycles. The van der Waals surface area contributed by atoms with E-state index in [0.717, 1.165) is 23.9 Å². The lowest BCUT2D eigenvalue weighted by Crippen LogP contribution is -2.43. The second kappa shape index (κ2) is 5.34. The summed E-state index contributed by atoms with van der Waals surface area (Å²) in [4.78, 5) is 16.4. The molecule has 2 N–H and O–H groups in total. The summed E-state index contributed by atoms with van der Waals surface area (Å²) in [5, 5.41) is 0. The molecule has 114 valence electrons. The second-order valence-electron chi connectivity index (χ2n) is 5.55. The van der Waals surface area contributed by atoms with E-state index in [9.17, 15) is 0 Å². The number of hydrogen-bond donors (Lipinski definition) is 1. The van der Waals surface area contributed by atoms with Crippen LogP contribution in [-0.2, 0) is 0 Å². The van der Waals surface area contributed by atoms with Gasteiger partial charge in [0.25, 0.3) is 0 Å². The zero-order chi connectivity index (χ0) is 15.8. The highest BCUT2D eigenvalue weighted by Crippen LogP contribution is 2.28. The van der Waals surface area contributed by atoms with Gasteiger partial charge in [-0.05, 0) is 25.0 Å². The van der Waals surface area contributed by atoms with E-state index in [4.69, 9.17) is 17.0 Å². The molecule has 4 rings (SSSR count). The average Bonchev–Trinajstić information content (AvgIpc) is 2.97. The van der Waals surface area contributed by atoms with Crippen molar-refractivity contribution in [3.05, 3.63) is 48.2 Å². The molecule has 0 saturated heterocycles. The molecule has 2 heterocycles. The maximum atomic E-state index is 7.33. The summed E-state index contributed by atoms with van der Waals surface area (Å²) in [5.74, 6) is 0.474. The van der Waals surface area contributed by atoms with Crippen LogP contribution < -0.4 is 10.5 Å². The number of fused-ring (bicyclic) bond motifs is 1. The standard InChI is InChI=1S/C16H14N6O/c1-18-13-8-19-16(23-11-6-10(17)7-11)21-15(13)22-9-20-12-4-2-3-5-14(12)22/h2-5,8-11H,6-7,17H2. The molecule has 1 fully saturated rings. The molecule has 0 spiro atoms. The highest BCUT2D eigenvalue weighted by atomic mass is 16.5. The van der Waals surface area contributed by atoms with Crippen LogP contribution in [-0.4, -0.2) is 31.7 Å². The number of rotatable bonds is 3. The van der Waals surface area contributed by atoms with Crippen molar-refractivity contribution < 1.29 is 4.74 Å². The lowest BCUT2D eigenvalue weighted by molar-refractivity contribution is 0.0904. The van der Waals surface area contributed by atoms with Gasteiger partial charge in [0, 0.05) is 12.2 Å². The highest BCUT2D eigenvalue weighted by Gasteiger charge is 2.28. The van der Waals surface area contributed by atoms with Gasteiger partial charge in [0.2, 0.25) is 5.69 Å². The Morgan fingerprint density at radius 3 is 2.87 bits per heavy atom. The van der Waals surface area contributed by atoms with E-state index >= 15 is 0 Å². The summed E-state index contributed by atoms with van der Waals surface area (Å²) in [6.45, 7) is 7.33. The van der Waals surface area contributed by atoms with Crippen LogP contribution in [0.2, 0.25) is 0 Å². The third-order valence-corrected chi connectivity index (χ3v) is 3.93. The average molecular weight is 306 g/mol.